The third kappa shape index (κ3) is 8.10. The predicted octanol–water partition coefficient (Wildman–Crippen LogP) is -0.0694. The molecule has 0 spiro atoms. The Bertz CT molecular complexity index is 1510. The molecule has 8 nitrogen and oxygen atoms in total. The number of aryl methyl sites for hydroxylation is 4. The summed E-state index contributed by atoms with van der Waals surface area (Å²) in [5, 5.41) is 0. The van der Waals surface area contributed by atoms with E-state index in [-0.39, 0.29) is 36.9 Å². The van der Waals surface area contributed by atoms with Gasteiger partial charge in [-0.3, -0.25) is 0 Å². The smallest absolute Gasteiger partial charge is 0.253 e. The van der Waals surface area contributed by atoms with Crippen molar-refractivity contribution >= 4 is 11.8 Å². The minimum absolute atomic E-state index is 0. The van der Waals surface area contributed by atoms with Gasteiger partial charge in [0.25, 0.3) is 11.6 Å². The van der Waals surface area contributed by atoms with E-state index in [1.54, 1.807) is 0 Å². The first-order chi connectivity index (χ1) is 21.9. The Morgan fingerprint density at radius 1 is 0.660 bits per heavy atom. The van der Waals surface area contributed by atoms with Crippen LogP contribution >= 0.6 is 0 Å². The summed E-state index contributed by atoms with van der Waals surface area (Å²) in [6.07, 6.45) is 14.5. The van der Waals surface area contributed by atoms with Crippen LogP contribution in [0, 0.1) is 19.3 Å². The number of rotatable bonds is 14. The van der Waals surface area contributed by atoms with Crippen molar-refractivity contribution in [2.75, 3.05) is 13.2 Å². The van der Waals surface area contributed by atoms with Crippen LogP contribution in [0.15, 0.2) is 95.4 Å². The molecule has 0 saturated heterocycles. The monoisotopic (exact) mass is 678 g/mol. The second-order valence-corrected chi connectivity index (χ2v) is 12.6. The Kier molecular flexibility index (Phi) is 12.7. The van der Waals surface area contributed by atoms with Crippen LogP contribution in [0.3, 0.4) is 0 Å². The quantitative estimate of drug-likeness (QED) is 0.139. The number of halogens is 2. The number of aromatic nitrogens is 4. The molecule has 2 aromatic carbocycles. The minimum Gasteiger partial charge on any atom is -1.00 e. The SMILES string of the molecule is Cc1n(CCCCC(CCCCn2cc[n+](C)c2C)(C2=N[C@H](c3ccccc3)CO2)C2=N[C@H](c3ccccc3)CO2)cc[n+]1C.[Cl-].[Cl-]. The molecule has 0 N–H and O–H groups in total. The lowest BCUT2D eigenvalue weighted by Crippen LogP contribution is -3.00. The molecule has 4 heterocycles. The minimum atomic E-state index is -0.500. The summed E-state index contributed by atoms with van der Waals surface area (Å²) in [5.41, 5.74) is 1.87. The number of benzene rings is 2. The highest BCUT2D eigenvalue weighted by molar-refractivity contribution is 6.06. The van der Waals surface area contributed by atoms with Gasteiger partial charge < -0.3 is 34.3 Å². The van der Waals surface area contributed by atoms with E-state index in [0.717, 1.165) is 63.4 Å². The fourth-order valence-corrected chi connectivity index (χ4v) is 6.70. The number of unbranched alkanes of at least 4 members (excludes halogenated alkanes) is 2. The topological polar surface area (TPSA) is 60.8 Å². The molecule has 0 aliphatic carbocycles. The molecule has 2 atom stereocenters. The maximum atomic E-state index is 6.59. The van der Waals surface area contributed by atoms with Crippen LogP contribution in [0.25, 0.3) is 0 Å². The average molecular weight is 680 g/mol. The zero-order valence-electron chi connectivity index (χ0n) is 28.1. The van der Waals surface area contributed by atoms with E-state index in [4.69, 9.17) is 19.5 Å². The summed E-state index contributed by atoms with van der Waals surface area (Å²) in [6.45, 7) is 7.40. The number of imidazole rings is 2. The second-order valence-electron chi connectivity index (χ2n) is 12.6. The summed E-state index contributed by atoms with van der Waals surface area (Å²) in [7, 11) is 4.20. The van der Waals surface area contributed by atoms with Gasteiger partial charge in [-0.1, -0.05) is 60.7 Å². The first-order valence-electron chi connectivity index (χ1n) is 16.5. The van der Waals surface area contributed by atoms with Gasteiger partial charge in [-0.25, -0.2) is 28.3 Å². The van der Waals surface area contributed by atoms with E-state index in [2.05, 4.69) is 132 Å². The molecule has 0 unspecified atom stereocenters. The lowest BCUT2D eigenvalue weighted by molar-refractivity contribution is -0.677. The van der Waals surface area contributed by atoms with Crippen LogP contribution in [0.2, 0.25) is 0 Å². The van der Waals surface area contributed by atoms with E-state index >= 15 is 0 Å². The van der Waals surface area contributed by atoms with Gasteiger partial charge in [0.2, 0.25) is 0 Å². The van der Waals surface area contributed by atoms with Crippen molar-refractivity contribution in [2.24, 2.45) is 29.5 Å². The summed E-state index contributed by atoms with van der Waals surface area (Å²) in [6, 6.07) is 21.0. The molecule has 0 bridgehead atoms. The first kappa shape index (κ1) is 36.2. The Morgan fingerprint density at radius 2 is 1.06 bits per heavy atom. The third-order valence-electron chi connectivity index (χ3n) is 9.79. The summed E-state index contributed by atoms with van der Waals surface area (Å²) in [5.74, 6) is 4.13. The second kappa shape index (κ2) is 16.5. The molecular weight excluding hydrogens is 631 g/mol. The average Bonchev–Trinajstić information content (AvgIpc) is 3.88. The maximum Gasteiger partial charge on any atom is 0.253 e. The largest absolute Gasteiger partial charge is 1.00 e. The molecule has 2 aliphatic heterocycles. The highest BCUT2D eigenvalue weighted by Gasteiger charge is 2.48. The Labute approximate surface area is 292 Å². The van der Waals surface area contributed by atoms with Crippen LogP contribution in [0.1, 0.15) is 73.4 Å². The van der Waals surface area contributed by atoms with Crippen molar-refractivity contribution < 1.29 is 43.4 Å². The van der Waals surface area contributed by atoms with Crippen molar-refractivity contribution in [2.45, 2.75) is 77.5 Å². The van der Waals surface area contributed by atoms with Crippen molar-refractivity contribution in [1.29, 1.82) is 0 Å². The molecule has 2 aromatic heterocycles. The third-order valence-corrected chi connectivity index (χ3v) is 9.79. The molecule has 10 heteroatoms. The van der Waals surface area contributed by atoms with Crippen molar-refractivity contribution in [3.8, 4) is 0 Å². The number of hydrogen-bond acceptors (Lipinski definition) is 4. The standard InChI is InChI=1S/C37H48N6O2.2ClH/c1-29-40(3)23-25-42(29)21-13-11-19-37(20-12-14-22-43-26-24-41(4)30(43)2,35-38-33(27-44-35)31-15-7-5-8-16-31)36-39-34(28-45-36)32-17-9-6-10-18-32;;/h5-10,15-18,23-26,33-34H,11-14,19-22,27-28H2,1-4H3;2*1H/q+2;;/p-2/t33-,34-;;/m0../s1. The van der Waals surface area contributed by atoms with Crippen molar-refractivity contribution in [3.63, 3.8) is 0 Å². The van der Waals surface area contributed by atoms with Gasteiger partial charge in [0.15, 0.2) is 11.8 Å². The van der Waals surface area contributed by atoms with Gasteiger partial charge in [-0.05, 0) is 49.7 Å². The molecule has 0 amide bonds. The molecule has 252 valence electrons. The van der Waals surface area contributed by atoms with Gasteiger partial charge in [-0.2, -0.15) is 0 Å². The summed E-state index contributed by atoms with van der Waals surface area (Å²) < 4.78 is 22.2. The van der Waals surface area contributed by atoms with E-state index in [0.29, 0.717) is 13.2 Å². The van der Waals surface area contributed by atoms with E-state index in [1.165, 1.54) is 22.8 Å². The van der Waals surface area contributed by atoms with E-state index in [1.807, 2.05) is 0 Å². The number of hydrogen-bond donors (Lipinski definition) is 0. The van der Waals surface area contributed by atoms with E-state index < -0.39 is 5.41 Å². The fraction of sp³-hybridized carbons (Fsp3) is 0.459. The van der Waals surface area contributed by atoms with Crippen LogP contribution in [0.5, 0.6) is 0 Å². The zero-order valence-corrected chi connectivity index (χ0v) is 29.6. The van der Waals surface area contributed by atoms with Gasteiger partial charge >= 0.3 is 0 Å². The summed E-state index contributed by atoms with van der Waals surface area (Å²) in [4.78, 5) is 10.6. The molecule has 6 rings (SSSR count). The van der Waals surface area contributed by atoms with Gasteiger partial charge in [0.05, 0.1) is 27.2 Å². The Hall–Kier alpha value is -3.62. The predicted molar refractivity (Wildman–Crippen MR) is 176 cm³/mol. The highest BCUT2D eigenvalue weighted by Crippen LogP contribution is 2.43. The molecule has 4 aromatic rings. The van der Waals surface area contributed by atoms with Gasteiger partial charge in [-0.15, -0.1) is 0 Å². The number of ether oxygens (including phenoxy) is 2. The molecule has 47 heavy (non-hydrogen) atoms. The van der Waals surface area contributed by atoms with Gasteiger partial charge in [0, 0.05) is 13.8 Å². The number of aliphatic imine (C=N–C) groups is 2. The molecule has 0 saturated carbocycles. The fourth-order valence-electron chi connectivity index (χ4n) is 6.70. The first-order valence-corrected chi connectivity index (χ1v) is 16.5. The van der Waals surface area contributed by atoms with E-state index in [9.17, 15) is 0 Å². The lowest BCUT2D eigenvalue weighted by atomic mass is 9.77. The van der Waals surface area contributed by atoms with Crippen LogP contribution in [0.4, 0.5) is 0 Å². The van der Waals surface area contributed by atoms with Crippen molar-refractivity contribution in [1.82, 2.24) is 9.13 Å². The summed E-state index contributed by atoms with van der Waals surface area (Å²) >= 11 is 0. The highest BCUT2D eigenvalue weighted by atomic mass is 35.5. The molecule has 2 aliphatic rings. The van der Waals surface area contributed by atoms with Crippen LogP contribution < -0.4 is 33.9 Å². The van der Waals surface area contributed by atoms with Crippen LogP contribution in [-0.2, 0) is 36.7 Å². The van der Waals surface area contributed by atoms with Crippen LogP contribution in [-0.4, -0.2) is 34.1 Å². The number of nitrogens with zero attached hydrogens (tertiary/aromatic N) is 6. The Morgan fingerprint density at radius 3 is 1.43 bits per heavy atom. The molecular formula is C37H48Cl2N6O2. The zero-order chi connectivity index (χ0) is 31.2. The maximum absolute atomic E-state index is 6.59. The van der Waals surface area contributed by atoms with Crippen molar-refractivity contribution in [3.05, 3.63) is 108 Å². The molecule has 0 fully saturated rings. The van der Waals surface area contributed by atoms with Gasteiger partial charge in [0.1, 0.15) is 55.5 Å². The normalized spacial score (nSPS) is 17.3. The Balaban J connectivity index is 0.00000250. The molecule has 0 radical (unpaired) electrons. The lowest BCUT2D eigenvalue weighted by Gasteiger charge is -2.32.